The van der Waals surface area contributed by atoms with Crippen LogP contribution in [0.4, 0.5) is 0 Å². The molecule has 1 atom stereocenters. The molecule has 1 saturated heterocycles. The summed E-state index contributed by atoms with van der Waals surface area (Å²) in [6.45, 7) is 2.08. The third-order valence-electron chi connectivity index (χ3n) is 4.70. The van der Waals surface area contributed by atoms with Crippen molar-refractivity contribution in [2.45, 2.75) is 57.4 Å². The largest absolute Gasteiger partial charge is 0.396 e. The lowest BCUT2D eigenvalue weighted by Crippen LogP contribution is -2.46. The van der Waals surface area contributed by atoms with Crippen molar-refractivity contribution in [2.24, 2.45) is 11.8 Å². The van der Waals surface area contributed by atoms with Crippen molar-refractivity contribution >= 4 is 18.3 Å². The van der Waals surface area contributed by atoms with Crippen LogP contribution in [-0.2, 0) is 4.79 Å². The summed E-state index contributed by atoms with van der Waals surface area (Å²) in [7, 11) is 0. The molecule has 0 bridgehead atoms. The molecule has 0 spiro atoms. The Morgan fingerprint density at radius 3 is 2.40 bits per heavy atom. The minimum Gasteiger partial charge on any atom is -0.396 e. The predicted octanol–water partition coefficient (Wildman–Crippen LogP) is 1.86. The minimum atomic E-state index is 0. The maximum Gasteiger partial charge on any atom is 0.223 e. The fraction of sp³-hybridized carbons (Fsp3) is 0.933. The fourth-order valence-corrected chi connectivity index (χ4v) is 3.49. The first kappa shape index (κ1) is 17.7. The van der Waals surface area contributed by atoms with E-state index in [9.17, 15) is 9.90 Å². The van der Waals surface area contributed by atoms with E-state index in [0.29, 0.717) is 12.3 Å². The van der Waals surface area contributed by atoms with Gasteiger partial charge in [-0.1, -0.05) is 19.3 Å². The molecule has 1 amide bonds. The van der Waals surface area contributed by atoms with E-state index in [1.807, 2.05) is 0 Å². The normalized spacial score (nSPS) is 22.9. The zero-order chi connectivity index (χ0) is 13.5. The number of carbonyl (C=O) groups is 1. The van der Waals surface area contributed by atoms with Crippen LogP contribution >= 0.6 is 12.4 Å². The van der Waals surface area contributed by atoms with Gasteiger partial charge in [-0.05, 0) is 51.1 Å². The zero-order valence-electron chi connectivity index (χ0n) is 12.3. The van der Waals surface area contributed by atoms with Gasteiger partial charge in [0.05, 0.1) is 0 Å². The molecule has 1 saturated carbocycles. The lowest BCUT2D eigenvalue weighted by Gasteiger charge is -2.32. The standard InChI is InChI=1S/C15H28N2O2.ClH/c18-11-8-14(12-4-2-1-3-5-12)17-15(19)13-6-9-16-10-7-13;/h12-14,16,18H,1-11H2,(H,17,19);1H. The zero-order valence-corrected chi connectivity index (χ0v) is 13.1. The van der Waals surface area contributed by atoms with Crippen LogP contribution in [0.1, 0.15) is 51.4 Å². The molecule has 0 aromatic carbocycles. The molecule has 0 aromatic rings. The van der Waals surface area contributed by atoms with Gasteiger partial charge in [0.15, 0.2) is 0 Å². The van der Waals surface area contributed by atoms with Crippen molar-refractivity contribution in [2.75, 3.05) is 19.7 Å². The number of aliphatic hydroxyl groups is 1. The van der Waals surface area contributed by atoms with Crippen LogP contribution in [0.2, 0.25) is 0 Å². The summed E-state index contributed by atoms with van der Waals surface area (Å²) >= 11 is 0. The molecule has 1 heterocycles. The molecule has 1 unspecified atom stereocenters. The van der Waals surface area contributed by atoms with Crippen LogP contribution < -0.4 is 10.6 Å². The Balaban J connectivity index is 0.00000200. The van der Waals surface area contributed by atoms with Gasteiger partial charge in [0, 0.05) is 18.6 Å². The van der Waals surface area contributed by atoms with E-state index in [1.54, 1.807) is 0 Å². The summed E-state index contributed by atoms with van der Waals surface area (Å²) in [4.78, 5) is 12.3. The smallest absolute Gasteiger partial charge is 0.223 e. The second-order valence-corrected chi connectivity index (χ2v) is 6.05. The number of carbonyl (C=O) groups excluding carboxylic acids is 1. The summed E-state index contributed by atoms with van der Waals surface area (Å²) in [6, 6.07) is 0.188. The molecular formula is C15H29ClN2O2. The van der Waals surface area contributed by atoms with Crippen molar-refractivity contribution in [3.8, 4) is 0 Å². The Morgan fingerprint density at radius 1 is 1.15 bits per heavy atom. The van der Waals surface area contributed by atoms with Gasteiger partial charge in [0.2, 0.25) is 5.91 Å². The quantitative estimate of drug-likeness (QED) is 0.726. The van der Waals surface area contributed by atoms with Crippen LogP contribution in [0, 0.1) is 11.8 Å². The van der Waals surface area contributed by atoms with Gasteiger partial charge < -0.3 is 15.7 Å². The van der Waals surface area contributed by atoms with E-state index < -0.39 is 0 Å². The molecule has 1 aliphatic heterocycles. The second kappa shape index (κ2) is 9.59. The summed E-state index contributed by atoms with van der Waals surface area (Å²) in [5.74, 6) is 0.961. The van der Waals surface area contributed by atoms with Gasteiger partial charge in [0.1, 0.15) is 0 Å². The van der Waals surface area contributed by atoms with Gasteiger partial charge in [-0.2, -0.15) is 0 Å². The minimum absolute atomic E-state index is 0. The monoisotopic (exact) mass is 304 g/mol. The summed E-state index contributed by atoms with van der Waals surface area (Å²) in [6.07, 6.45) is 8.89. The molecule has 2 aliphatic rings. The fourth-order valence-electron chi connectivity index (χ4n) is 3.49. The third kappa shape index (κ3) is 5.23. The average Bonchev–Trinajstić information content (AvgIpc) is 2.48. The number of aliphatic hydroxyl groups excluding tert-OH is 1. The van der Waals surface area contributed by atoms with Crippen molar-refractivity contribution in [3.63, 3.8) is 0 Å². The van der Waals surface area contributed by atoms with E-state index in [0.717, 1.165) is 25.9 Å². The van der Waals surface area contributed by atoms with E-state index in [1.165, 1.54) is 32.1 Å². The molecule has 118 valence electrons. The second-order valence-electron chi connectivity index (χ2n) is 6.05. The summed E-state index contributed by atoms with van der Waals surface area (Å²) in [5, 5.41) is 15.8. The number of hydrogen-bond donors (Lipinski definition) is 3. The molecule has 2 rings (SSSR count). The van der Waals surface area contributed by atoms with Crippen LogP contribution in [0.3, 0.4) is 0 Å². The number of rotatable bonds is 5. The molecule has 3 N–H and O–H groups in total. The molecule has 20 heavy (non-hydrogen) atoms. The first-order valence-electron chi connectivity index (χ1n) is 7.93. The highest BCUT2D eigenvalue weighted by molar-refractivity contribution is 5.85. The van der Waals surface area contributed by atoms with Crippen LogP contribution in [0.5, 0.6) is 0 Å². The number of piperidine rings is 1. The van der Waals surface area contributed by atoms with Crippen molar-refractivity contribution in [3.05, 3.63) is 0 Å². The third-order valence-corrected chi connectivity index (χ3v) is 4.70. The predicted molar refractivity (Wildman–Crippen MR) is 83.1 cm³/mol. The van der Waals surface area contributed by atoms with Gasteiger partial charge in [0.25, 0.3) is 0 Å². The van der Waals surface area contributed by atoms with Crippen molar-refractivity contribution in [1.29, 1.82) is 0 Å². The molecular weight excluding hydrogens is 276 g/mol. The van der Waals surface area contributed by atoms with Gasteiger partial charge in [-0.25, -0.2) is 0 Å². The Hall–Kier alpha value is -0.320. The van der Waals surface area contributed by atoms with Crippen molar-refractivity contribution < 1.29 is 9.90 Å². The number of halogens is 1. The van der Waals surface area contributed by atoms with Crippen LogP contribution in [-0.4, -0.2) is 36.8 Å². The van der Waals surface area contributed by atoms with Gasteiger partial charge >= 0.3 is 0 Å². The lowest BCUT2D eigenvalue weighted by molar-refractivity contribution is -0.127. The Morgan fingerprint density at radius 2 is 1.80 bits per heavy atom. The molecule has 0 radical (unpaired) electrons. The molecule has 2 fully saturated rings. The lowest BCUT2D eigenvalue weighted by atomic mass is 9.82. The number of amides is 1. The number of nitrogens with one attached hydrogen (secondary N) is 2. The molecule has 5 heteroatoms. The Labute approximate surface area is 128 Å². The highest BCUT2D eigenvalue weighted by Crippen LogP contribution is 2.28. The first-order chi connectivity index (χ1) is 9.31. The summed E-state index contributed by atoms with van der Waals surface area (Å²) in [5.41, 5.74) is 0. The van der Waals surface area contributed by atoms with E-state index in [4.69, 9.17) is 0 Å². The van der Waals surface area contributed by atoms with Crippen molar-refractivity contribution in [1.82, 2.24) is 10.6 Å². The average molecular weight is 305 g/mol. The van der Waals surface area contributed by atoms with Gasteiger partial charge in [-0.15, -0.1) is 12.4 Å². The first-order valence-corrected chi connectivity index (χ1v) is 7.93. The Bertz CT molecular complexity index is 277. The van der Waals surface area contributed by atoms with E-state index >= 15 is 0 Å². The maximum absolute atomic E-state index is 12.3. The van der Waals surface area contributed by atoms with Crippen LogP contribution in [0.15, 0.2) is 0 Å². The topological polar surface area (TPSA) is 61.4 Å². The SMILES string of the molecule is Cl.O=C(NC(CCO)C1CCCCC1)C1CCNCC1. The maximum atomic E-state index is 12.3. The number of hydrogen-bond acceptors (Lipinski definition) is 3. The van der Waals surface area contributed by atoms with Gasteiger partial charge in [-0.3, -0.25) is 4.79 Å². The highest BCUT2D eigenvalue weighted by Gasteiger charge is 2.28. The Kier molecular flexibility index (Phi) is 8.50. The van der Waals surface area contributed by atoms with Crippen LogP contribution in [0.25, 0.3) is 0 Å². The van der Waals surface area contributed by atoms with E-state index in [-0.39, 0.29) is 36.9 Å². The summed E-state index contributed by atoms with van der Waals surface area (Å²) < 4.78 is 0. The van der Waals surface area contributed by atoms with E-state index in [2.05, 4.69) is 10.6 Å². The molecule has 1 aliphatic carbocycles. The highest BCUT2D eigenvalue weighted by atomic mass is 35.5. The molecule has 4 nitrogen and oxygen atoms in total. The molecule has 0 aromatic heterocycles.